The number of likely N-dealkylation sites (tertiary alicyclic amines) is 1. The van der Waals surface area contributed by atoms with Crippen molar-refractivity contribution in [3.63, 3.8) is 0 Å². The first kappa shape index (κ1) is 19.0. The summed E-state index contributed by atoms with van der Waals surface area (Å²) in [5.41, 5.74) is 0. The average Bonchev–Trinajstić information content (AvgIpc) is 3.19. The van der Waals surface area contributed by atoms with Crippen LogP contribution in [-0.4, -0.2) is 34.5 Å². The molecule has 1 aliphatic rings. The van der Waals surface area contributed by atoms with Crippen molar-refractivity contribution in [1.82, 2.24) is 4.90 Å². The van der Waals surface area contributed by atoms with Crippen LogP contribution in [-0.2, 0) is 11.2 Å². The summed E-state index contributed by atoms with van der Waals surface area (Å²) >= 11 is 0. The van der Waals surface area contributed by atoms with Crippen molar-refractivity contribution in [2.75, 3.05) is 6.54 Å². The van der Waals surface area contributed by atoms with Gasteiger partial charge in [0.15, 0.2) is 0 Å². The van der Waals surface area contributed by atoms with Gasteiger partial charge in [0.05, 0.1) is 6.04 Å². The maximum atomic E-state index is 12.1. The molecule has 0 spiro atoms. The summed E-state index contributed by atoms with van der Waals surface area (Å²) in [5.74, 6) is -0.258. The van der Waals surface area contributed by atoms with Gasteiger partial charge in [0, 0.05) is 19.4 Å². The molecule has 0 radical (unpaired) electrons. The van der Waals surface area contributed by atoms with Crippen LogP contribution < -0.4 is 0 Å². The molecular formula is C20H27NO4. The number of nitrogens with zero attached hydrogens (tertiary/aromatic N) is 1. The number of aromatic carboxylic acids is 1. The van der Waals surface area contributed by atoms with Crippen LogP contribution in [0.25, 0.3) is 0 Å². The first-order valence-electron chi connectivity index (χ1n) is 9.06. The second kappa shape index (κ2) is 9.87. The van der Waals surface area contributed by atoms with Gasteiger partial charge >= 0.3 is 5.97 Å². The van der Waals surface area contributed by atoms with Crippen LogP contribution >= 0.6 is 0 Å². The second-order valence-electron chi connectivity index (χ2n) is 6.32. The minimum absolute atomic E-state index is 0.0390. The van der Waals surface area contributed by atoms with Crippen LogP contribution in [0.15, 0.2) is 40.9 Å². The number of unbranched alkanes of at least 4 members (excludes halogenated alkanes) is 2. The molecule has 0 bridgehead atoms. The fourth-order valence-electron chi connectivity index (χ4n) is 2.99. The van der Waals surface area contributed by atoms with Crippen molar-refractivity contribution in [3.05, 3.63) is 48.0 Å². The van der Waals surface area contributed by atoms with Crippen molar-refractivity contribution >= 4 is 11.9 Å². The molecule has 2 heterocycles. The van der Waals surface area contributed by atoms with Gasteiger partial charge in [-0.25, -0.2) is 4.79 Å². The van der Waals surface area contributed by atoms with Gasteiger partial charge in [-0.1, -0.05) is 44.1 Å². The number of carboxylic acid groups (broad SMARTS) is 1. The molecule has 1 N–H and O–H groups in total. The lowest BCUT2D eigenvalue weighted by atomic mass is 10.2. The topological polar surface area (TPSA) is 70.8 Å². The number of amides is 1. The minimum Gasteiger partial charge on any atom is -0.475 e. The zero-order valence-corrected chi connectivity index (χ0v) is 14.8. The third-order valence-corrected chi connectivity index (χ3v) is 4.37. The summed E-state index contributed by atoms with van der Waals surface area (Å²) in [7, 11) is 0. The number of carbonyl (C=O) groups excluding carboxylic acids is 1. The van der Waals surface area contributed by atoms with E-state index in [9.17, 15) is 9.59 Å². The molecule has 1 aromatic rings. The van der Waals surface area contributed by atoms with Crippen LogP contribution in [0, 0.1) is 0 Å². The lowest BCUT2D eigenvalue weighted by Gasteiger charge is -2.22. The molecule has 1 fully saturated rings. The van der Waals surface area contributed by atoms with E-state index in [0.29, 0.717) is 25.1 Å². The molecule has 1 aromatic heterocycles. The van der Waals surface area contributed by atoms with E-state index in [1.807, 2.05) is 11.0 Å². The molecule has 25 heavy (non-hydrogen) atoms. The highest BCUT2D eigenvalue weighted by Crippen LogP contribution is 2.21. The van der Waals surface area contributed by atoms with Gasteiger partial charge in [-0.3, -0.25) is 4.79 Å². The lowest BCUT2D eigenvalue weighted by Crippen LogP contribution is -2.32. The highest BCUT2D eigenvalue weighted by atomic mass is 16.4. The van der Waals surface area contributed by atoms with Gasteiger partial charge in [0.2, 0.25) is 11.7 Å². The first-order valence-corrected chi connectivity index (χ1v) is 9.06. The Bertz CT molecular complexity index is 629. The SMILES string of the molecule is CCCCC=CC=CC1CCC(=O)N1CCCc1ccc(C(=O)O)o1. The summed E-state index contributed by atoms with van der Waals surface area (Å²) in [4.78, 5) is 24.8. The predicted molar refractivity (Wildman–Crippen MR) is 96.5 cm³/mol. The van der Waals surface area contributed by atoms with E-state index in [0.717, 1.165) is 19.3 Å². The minimum atomic E-state index is -1.06. The van der Waals surface area contributed by atoms with Crippen molar-refractivity contribution in [1.29, 1.82) is 0 Å². The van der Waals surface area contributed by atoms with Crippen LogP contribution in [0.1, 0.15) is 61.8 Å². The molecule has 1 amide bonds. The van der Waals surface area contributed by atoms with Crippen molar-refractivity contribution in [3.8, 4) is 0 Å². The van der Waals surface area contributed by atoms with E-state index < -0.39 is 5.97 Å². The van der Waals surface area contributed by atoms with Gasteiger partial charge in [-0.05, 0) is 31.4 Å². The van der Waals surface area contributed by atoms with Gasteiger partial charge in [0.1, 0.15) is 5.76 Å². The number of aryl methyl sites for hydroxylation is 1. The Hall–Kier alpha value is -2.30. The van der Waals surface area contributed by atoms with Crippen molar-refractivity contribution < 1.29 is 19.1 Å². The molecule has 1 atom stereocenters. The van der Waals surface area contributed by atoms with Crippen molar-refractivity contribution in [2.45, 2.75) is 57.9 Å². The van der Waals surface area contributed by atoms with Gasteiger partial charge in [0.25, 0.3) is 0 Å². The normalized spacial score (nSPS) is 18.0. The first-order chi connectivity index (χ1) is 12.1. The molecular weight excluding hydrogens is 318 g/mol. The number of furan rings is 1. The summed E-state index contributed by atoms with van der Waals surface area (Å²) < 4.78 is 5.25. The number of carboxylic acids is 1. The maximum absolute atomic E-state index is 12.1. The van der Waals surface area contributed by atoms with Crippen LogP contribution in [0.5, 0.6) is 0 Å². The summed E-state index contributed by atoms with van der Waals surface area (Å²) in [5, 5.41) is 8.86. The summed E-state index contributed by atoms with van der Waals surface area (Å²) in [6.07, 6.45) is 14.7. The zero-order chi connectivity index (χ0) is 18.1. The molecule has 0 aromatic carbocycles. The Morgan fingerprint density at radius 3 is 2.92 bits per heavy atom. The molecule has 136 valence electrons. The number of rotatable bonds is 10. The van der Waals surface area contributed by atoms with E-state index in [1.54, 1.807) is 6.07 Å². The fraction of sp³-hybridized carbons (Fsp3) is 0.500. The largest absolute Gasteiger partial charge is 0.475 e. The number of hydrogen-bond acceptors (Lipinski definition) is 3. The Morgan fingerprint density at radius 1 is 1.36 bits per heavy atom. The van der Waals surface area contributed by atoms with Gasteiger partial charge in [-0.15, -0.1) is 0 Å². The number of carbonyl (C=O) groups is 2. The number of hydrogen-bond donors (Lipinski definition) is 1. The van der Waals surface area contributed by atoms with E-state index in [4.69, 9.17) is 9.52 Å². The highest BCUT2D eigenvalue weighted by molar-refractivity contribution is 5.84. The van der Waals surface area contributed by atoms with E-state index in [2.05, 4.69) is 25.2 Å². The Morgan fingerprint density at radius 2 is 2.20 bits per heavy atom. The monoisotopic (exact) mass is 345 g/mol. The van der Waals surface area contributed by atoms with Crippen LogP contribution in [0.2, 0.25) is 0 Å². The third-order valence-electron chi connectivity index (χ3n) is 4.37. The van der Waals surface area contributed by atoms with E-state index in [1.165, 1.54) is 18.9 Å². The standard InChI is InChI=1S/C20H27NO4/c1-2-3-4-5-6-7-9-16-11-14-19(22)21(16)15-8-10-17-12-13-18(25-17)20(23)24/h5-7,9,12-13,16H,2-4,8,10-11,14-15H2,1H3,(H,23,24). The molecule has 1 aliphatic heterocycles. The smallest absolute Gasteiger partial charge is 0.371 e. The third kappa shape index (κ3) is 5.93. The Balaban J connectivity index is 1.79. The number of allylic oxidation sites excluding steroid dienone is 3. The highest BCUT2D eigenvalue weighted by Gasteiger charge is 2.28. The molecule has 1 saturated heterocycles. The summed E-state index contributed by atoms with van der Waals surface area (Å²) in [6.45, 7) is 2.84. The van der Waals surface area contributed by atoms with Crippen molar-refractivity contribution in [2.24, 2.45) is 0 Å². The fourth-order valence-corrected chi connectivity index (χ4v) is 2.99. The molecule has 0 saturated carbocycles. The predicted octanol–water partition coefficient (Wildman–Crippen LogP) is 4.20. The molecule has 5 heteroatoms. The van der Waals surface area contributed by atoms with Gasteiger partial charge < -0.3 is 14.4 Å². The second-order valence-corrected chi connectivity index (χ2v) is 6.32. The summed E-state index contributed by atoms with van der Waals surface area (Å²) in [6, 6.07) is 3.32. The molecule has 2 rings (SSSR count). The molecule has 5 nitrogen and oxygen atoms in total. The molecule has 1 unspecified atom stereocenters. The quantitative estimate of drug-likeness (QED) is 0.509. The zero-order valence-electron chi connectivity index (χ0n) is 14.8. The Kier molecular flexibility index (Phi) is 7.51. The lowest BCUT2D eigenvalue weighted by molar-refractivity contribution is -0.128. The maximum Gasteiger partial charge on any atom is 0.371 e. The van der Waals surface area contributed by atoms with Crippen LogP contribution in [0.4, 0.5) is 0 Å². The van der Waals surface area contributed by atoms with Gasteiger partial charge in [-0.2, -0.15) is 0 Å². The molecule has 0 aliphatic carbocycles. The van der Waals surface area contributed by atoms with E-state index in [-0.39, 0.29) is 17.7 Å². The van der Waals surface area contributed by atoms with E-state index >= 15 is 0 Å². The van der Waals surface area contributed by atoms with Crippen LogP contribution in [0.3, 0.4) is 0 Å². The average molecular weight is 345 g/mol. The Labute approximate surface area is 149 Å².